The second-order valence-corrected chi connectivity index (χ2v) is 5.21. The first-order chi connectivity index (χ1) is 8.74. The highest BCUT2D eigenvalue weighted by molar-refractivity contribution is 5.12. The van der Waals surface area contributed by atoms with Gasteiger partial charge in [0.1, 0.15) is 0 Å². The van der Waals surface area contributed by atoms with Crippen LogP contribution in [0.1, 0.15) is 45.2 Å². The molecule has 0 aliphatic carbocycles. The van der Waals surface area contributed by atoms with Crippen molar-refractivity contribution in [1.82, 2.24) is 15.1 Å². The van der Waals surface area contributed by atoms with Crippen molar-refractivity contribution >= 4 is 0 Å². The van der Waals surface area contributed by atoms with Gasteiger partial charge in [-0.05, 0) is 26.3 Å². The van der Waals surface area contributed by atoms with Gasteiger partial charge in [0.05, 0.1) is 18.9 Å². The molecule has 1 fully saturated rings. The SMILES string of the molecule is CCCn1cc(C(NCC)C2COC(C)C2)cn1. The van der Waals surface area contributed by atoms with Gasteiger partial charge < -0.3 is 10.1 Å². The summed E-state index contributed by atoms with van der Waals surface area (Å²) in [6, 6.07) is 0.380. The predicted octanol–water partition coefficient (Wildman–Crippen LogP) is 2.37. The highest BCUT2D eigenvalue weighted by atomic mass is 16.5. The van der Waals surface area contributed by atoms with Crippen molar-refractivity contribution < 1.29 is 4.74 Å². The van der Waals surface area contributed by atoms with Gasteiger partial charge in [-0.25, -0.2) is 0 Å². The third kappa shape index (κ3) is 3.12. The summed E-state index contributed by atoms with van der Waals surface area (Å²) >= 11 is 0. The Morgan fingerprint density at radius 1 is 1.56 bits per heavy atom. The zero-order chi connectivity index (χ0) is 13.0. The standard InChI is InChI=1S/C14H25N3O/c1-4-6-17-9-13(8-16-17)14(15-5-2)12-7-11(3)18-10-12/h8-9,11-12,14-15H,4-7,10H2,1-3H3. The van der Waals surface area contributed by atoms with E-state index in [9.17, 15) is 0 Å². The van der Waals surface area contributed by atoms with Crippen LogP contribution in [0.25, 0.3) is 0 Å². The molecule has 0 radical (unpaired) electrons. The van der Waals surface area contributed by atoms with Crippen molar-refractivity contribution in [3.8, 4) is 0 Å². The van der Waals surface area contributed by atoms with Crippen LogP contribution in [0, 0.1) is 5.92 Å². The number of nitrogens with one attached hydrogen (secondary N) is 1. The Hall–Kier alpha value is -0.870. The number of aryl methyl sites for hydroxylation is 1. The third-order valence-electron chi connectivity index (χ3n) is 3.59. The molecule has 1 aliphatic rings. The van der Waals surface area contributed by atoms with Crippen molar-refractivity contribution in [2.24, 2.45) is 5.92 Å². The molecule has 102 valence electrons. The van der Waals surface area contributed by atoms with Gasteiger partial charge in [-0.3, -0.25) is 4.68 Å². The first kappa shape index (κ1) is 13.6. The van der Waals surface area contributed by atoms with Gasteiger partial charge in [-0.2, -0.15) is 5.10 Å². The van der Waals surface area contributed by atoms with Crippen molar-refractivity contribution in [3.63, 3.8) is 0 Å². The van der Waals surface area contributed by atoms with Crippen LogP contribution in [0.2, 0.25) is 0 Å². The number of ether oxygens (including phenoxy) is 1. The lowest BCUT2D eigenvalue weighted by atomic mass is 9.93. The molecule has 18 heavy (non-hydrogen) atoms. The molecule has 2 rings (SSSR count). The van der Waals surface area contributed by atoms with E-state index in [1.165, 1.54) is 5.56 Å². The molecule has 1 aromatic heterocycles. The molecular formula is C14H25N3O. The lowest BCUT2D eigenvalue weighted by Crippen LogP contribution is -2.28. The van der Waals surface area contributed by atoms with Gasteiger partial charge >= 0.3 is 0 Å². The summed E-state index contributed by atoms with van der Waals surface area (Å²) in [5, 5.41) is 8.02. The summed E-state index contributed by atoms with van der Waals surface area (Å²) in [4.78, 5) is 0. The van der Waals surface area contributed by atoms with Crippen LogP contribution in [0.5, 0.6) is 0 Å². The van der Waals surface area contributed by atoms with E-state index in [0.717, 1.165) is 32.5 Å². The molecule has 3 atom stereocenters. The summed E-state index contributed by atoms with van der Waals surface area (Å²) in [5.41, 5.74) is 1.30. The van der Waals surface area contributed by atoms with Crippen LogP contribution in [0.3, 0.4) is 0 Å². The lowest BCUT2D eigenvalue weighted by molar-refractivity contribution is 0.117. The summed E-state index contributed by atoms with van der Waals surface area (Å²) in [6.45, 7) is 9.32. The average molecular weight is 251 g/mol. The molecule has 3 unspecified atom stereocenters. The van der Waals surface area contributed by atoms with E-state index in [2.05, 4.69) is 37.4 Å². The van der Waals surface area contributed by atoms with Crippen LogP contribution in [0.4, 0.5) is 0 Å². The zero-order valence-electron chi connectivity index (χ0n) is 11.7. The molecular weight excluding hydrogens is 226 g/mol. The molecule has 0 saturated carbocycles. The molecule has 1 aliphatic heterocycles. The van der Waals surface area contributed by atoms with Crippen LogP contribution in [-0.2, 0) is 11.3 Å². The topological polar surface area (TPSA) is 39.1 Å². The number of aromatic nitrogens is 2. The minimum absolute atomic E-state index is 0.380. The van der Waals surface area contributed by atoms with Crippen LogP contribution >= 0.6 is 0 Å². The highest BCUT2D eigenvalue weighted by Gasteiger charge is 2.30. The van der Waals surface area contributed by atoms with Gasteiger partial charge in [0.15, 0.2) is 0 Å². The number of nitrogens with zero attached hydrogens (tertiary/aromatic N) is 2. The monoisotopic (exact) mass is 251 g/mol. The molecule has 4 nitrogen and oxygen atoms in total. The first-order valence-electron chi connectivity index (χ1n) is 7.11. The fraction of sp³-hybridized carbons (Fsp3) is 0.786. The van der Waals surface area contributed by atoms with E-state index >= 15 is 0 Å². The number of hydrogen-bond acceptors (Lipinski definition) is 3. The number of rotatable bonds is 6. The molecule has 0 amide bonds. The Labute approximate surface area is 110 Å². The van der Waals surface area contributed by atoms with Gasteiger partial charge in [-0.15, -0.1) is 0 Å². The fourth-order valence-electron chi connectivity index (χ4n) is 2.75. The molecule has 1 aromatic rings. The highest BCUT2D eigenvalue weighted by Crippen LogP contribution is 2.31. The quantitative estimate of drug-likeness (QED) is 0.843. The summed E-state index contributed by atoms with van der Waals surface area (Å²) in [5.74, 6) is 0.569. The summed E-state index contributed by atoms with van der Waals surface area (Å²) < 4.78 is 7.74. The smallest absolute Gasteiger partial charge is 0.0551 e. The Balaban J connectivity index is 2.08. The Morgan fingerprint density at radius 3 is 3.00 bits per heavy atom. The minimum Gasteiger partial charge on any atom is -0.378 e. The van der Waals surface area contributed by atoms with Crippen LogP contribution in [-0.4, -0.2) is 29.0 Å². The molecule has 0 spiro atoms. The van der Waals surface area contributed by atoms with Gasteiger partial charge in [0.25, 0.3) is 0 Å². The maximum Gasteiger partial charge on any atom is 0.0551 e. The van der Waals surface area contributed by atoms with Crippen molar-refractivity contribution in [3.05, 3.63) is 18.0 Å². The van der Waals surface area contributed by atoms with Crippen molar-refractivity contribution in [2.45, 2.75) is 52.3 Å². The van der Waals surface area contributed by atoms with Crippen molar-refractivity contribution in [1.29, 1.82) is 0 Å². The Kier molecular flexibility index (Phi) is 4.78. The van der Waals surface area contributed by atoms with E-state index in [-0.39, 0.29) is 0 Å². The molecule has 1 saturated heterocycles. The summed E-state index contributed by atoms with van der Waals surface area (Å²) in [7, 11) is 0. The maximum atomic E-state index is 5.70. The Bertz CT molecular complexity index is 364. The summed E-state index contributed by atoms with van der Waals surface area (Å²) in [6.07, 6.45) is 6.83. The molecule has 2 heterocycles. The molecule has 1 N–H and O–H groups in total. The van der Waals surface area contributed by atoms with Crippen molar-refractivity contribution in [2.75, 3.05) is 13.2 Å². The Morgan fingerprint density at radius 2 is 2.39 bits per heavy atom. The molecule has 0 aromatic carbocycles. The van der Waals surface area contributed by atoms with E-state index in [1.54, 1.807) is 0 Å². The molecule has 4 heteroatoms. The average Bonchev–Trinajstić information content (AvgIpc) is 2.96. The molecule has 0 bridgehead atoms. The normalized spacial score (nSPS) is 25.5. The minimum atomic E-state index is 0.380. The second-order valence-electron chi connectivity index (χ2n) is 5.21. The fourth-order valence-corrected chi connectivity index (χ4v) is 2.75. The lowest BCUT2D eigenvalue weighted by Gasteiger charge is -2.22. The van der Waals surface area contributed by atoms with E-state index in [0.29, 0.717) is 18.1 Å². The van der Waals surface area contributed by atoms with Gasteiger partial charge in [0.2, 0.25) is 0 Å². The zero-order valence-corrected chi connectivity index (χ0v) is 11.7. The van der Waals surface area contributed by atoms with E-state index in [4.69, 9.17) is 4.74 Å². The van der Waals surface area contributed by atoms with Gasteiger partial charge in [0, 0.05) is 30.3 Å². The predicted molar refractivity (Wildman–Crippen MR) is 72.5 cm³/mol. The van der Waals surface area contributed by atoms with Crippen LogP contribution in [0.15, 0.2) is 12.4 Å². The number of hydrogen-bond donors (Lipinski definition) is 1. The van der Waals surface area contributed by atoms with Gasteiger partial charge in [-0.1, -0.05) is 13.8 Å². The maximum absolute atomic E-state index is 5.70. The first-order valence-corrected chi connectivity index (χ1v) is 7.11. The van der Waals surface area contributed by atoms with E-state index in [1.807, 2.05) is 10.9 Å². The van der Waals surface area contributed by atoms with Crippen LogP contribution < -0.4 is 5.32 Å². The largest absolute Gasteiger partial charge is 0.378 e. The third-order valence-corrected chi connectivity index (χ3v) is 3.59. The van der Waals surface area contributed by atoms with E-state index < -0.39 is 0 Å². The second kappa shape index (κ2) is 6.34.